The van der Waals surface area contributed by atoms with Crippen LogP contribution in [-0.2, 0) is 11.8 Å². The molecule has 0 aliphatic carbocycles. The fourth-order valence-corrected chi connectivity index (χ4v) is 5.27. The van der Waals surface area contributed by atoms with Gasteiger partial charge in [0.2, 0.25) is 5.91 Å². The minimum Gasteiger partial charge on any atom is -0.355 e. The zero-order valence-corrected chi connectivity index (χ0v) is 24.8. The predicted molar refractivity (Wildman–Crippen MR) is 173 cm³/mol. The van der Waals surface area contributed by atoms with Gasteiger partial charge in [-0.2, -0.15) is 0 Å². The van der Waals surface area contributed by atoms with Crippen molar-refractivity contribution in [2.24, 2.45) is 7.05 Å². The number of imide groups is 1. The second-order valence-electron chi connectivity index (χ2n) is 10.5. The average Bonchev–Trinajstić information content (AvgIpc) is 2.99. The largest absolute Gasteiger partial charge is 0.355 e. The summed E-state index contributed by atoms with van der Waals surface area (Å²) in [4.78, 5) is 41.5. The van der Waals surface area contributed by atoms with Crippen LogP contribution in [0, 0.1) is 0 Å². The molecule has 6 heteroatoms. The Balaban J connectivity index is 1.84. The third-order valence-corrected chi connectivity index (χ3v) is 7.40. The van der Waals surface area contributed by atoms with E-state index in [1.54, 1.807) is 37.4 Å². The Hall–Kier alpha value is -4.71. The maximum Gasteiger partial charge on any atom is 0.269 e. The molecule has 0 bridgehead atoms. The summed E-state index contributed by atoms with van der Waals surface area (Å²) in [5.41, 5.74) is 4.07. The number of benzene rings is 3. The lowest BCUT2D eigenvalue weighted by atomic mass is 9.90. The molecule has 0 unspecified atom stereocenters. The van der Waals surface area contributed by atoms with E-state index in [4.69, 9.17) is 0 Å². The van der Waals surface area contributed by atoms with Crippen LogP contribution in [0.4, 0.5) is 17.1 Å². The van der Waals surface area contributed by atoms with Crippen LogP contribution in [-0.4, -0.2) is 16.4 Å². The summed E-state index contributed by atoms with van der Waals surface area (Å²) in [5, 5.41) is 3.33. The Bertz CT molecular complexity index is 1580. The van der Waals surface area contributed by atoms with Gasteiger partial charge >= 0.3 is 0 Å². The number of para-hydroxylation sites is 1. The van der Waals surface area contributed by atoms with Gasteiger partial charge < -0.3 is 9.88 Å². The molecule has 1 heterocycles. The van der Waals surface area contributed by atoms with Crippen molar-refractivity contribution in [2.75, 3.05) is 10.2 Å². The first-order valence-corrected chi connectivity index (χ1v) is 14.6. The first-order chi connectivity index (χ1) is 20.3. The molecule has 0 saturated carbocycles. The summed E-state index contributed by atoms with van der Waals surface area (Å²) in [5.74, 6) is -0.451. The number of anilines is 3. The van der Waals surface area contributed by atoms with E-state index in [-0.39, 0.29) is 11.1 Å². The molecule has 216 valence electrons. The summed E-state index contributed by atoms with van der Waals surface area (Å²) >= 11 is 0. The van der Waals surface area contributed by atoms with Gasteiger partial charge in [-0.15, -0.1) is 0 Å². The number of rotatable bonds is 11. The van der Waals surface area contributed by atoms with E-state index in [0.717, 1.165) is 41.8 Å². The second kappa shape index (κ2) is 14.3. The number of amides is 2. The summed E-state index contributed by atoms with van der Waals surface area (Å²) in [7, 11) is 1.63. The van der Waals surface area contributed by atoms with Crippen molar-refractivity contribution in [1.82, 2.24) is 4.57 Å². The second-order valence-corrected chi connectivity index (χ2v) is 10.5. The van der Waals surface area contributed by atoms with E-state index in [1.165, 1.54) is 23.1 Å². The Morgan fingerprint density at radius 1 is 0.857 bits per heavy atom. The van der Waals surface area contributed by atoms with Crippen molar-refractivity contribution in [3.8, 4) is 0 Å². The molecule has 0 aliphatic rings. The first-order valence-electron chi connectivity index (χ1n) is 14.6. The highest BCUT2D eigenvalue weighted by Gasteiger charge is 2.28. The lowest BCUT2D eigenvalue weighted by molar-refractivity contribution is -0.115. The zero-order valence-electron chi connectivity index (χ0n) is 24.8. The van der Waals surface area contributed by atoms with Crippen LogP contribution in [0.25, 0.3) is 12.2 Å². The summed E-state index contributed by atoms with van der Waals surface area (Å²) in [6.45, 7) is 5.77. The lowest BCUT2D eigenvalue weighted by Gasteiger charge is -2.23. The molecular weight excluding hydrogens is 522 g/mol. The maximum absolute atomic E-state index is 14.3. The number of hydrogen-bond donors (Lipinski definition) is 1. The Morgan fingerprint density at radius 2 is 1.45 bits per heavy atom. The number of nitrogens with one attached hydrogen (secondary N) is 1. The van der Waals surface area contributed by atoms with Crippen molar-refractivity contribution in [3.63, 3.8) is 0 Å². The van der Waals surface area contributed by atoms with Gasteiger partial charge in [0.05, 0.1) is 22.6 Å². The molecule has 0 saturated heterocycles. The number of nitrogens with zero attached hydrogens (tertiary/aromatic N) is 2. The Morgan fingerprint density at radius 3 is 2.02 bits per heavy atom. The molecule has 0 aliphatic heterocycles. The number of hydrogen-bond acceptors (Lipinski definition) is 4. The standard InChI is InChI=1S/C36H39N3O3/c1-5-13-28(14-6-2)29-20-22-30(23-21-29)37-32-25-34(41)38(4)33(24-19-27-15-9-7-10-16-27)35(32)36(42)39(26(3)40)31-17-11-8-12-18-31/h7-12,15-25,28,37H,5-6,13-14H2,1-4H3/b24-19-. The van der Waals surface area contributed by atoms with Gasteiger partial charge in [0.15, 0.2) is 0 Å². The number of carbonyl (C=O) groups is 2. The minimum atomic E-state index is -0.526. The summed E-state index contributed by atoms with van der Waals surface area (Å²) in [6, 6.07) is 28.1. The van der Waals surface area contributed by atoms with Gasteiger partial charge in [-0.25, -0.2) is 4.90 Å². The molecule has 0 radical (unpaired) electrons. The van der Waals surface area contributed by atoms with E-state index in [9.17, 15) is 14.4 Å². The highest BCUT2D eigenvalue weighted by atomic mass is 16.2. The van der Waals surface area contributed by atoms with Crippen molar-refractivity contribution in [1.29, 1.82) is 0 Å². The predicted octanol–water partition coefficient (Wildman–Crippen LogP) is 8.18. The average molecular weight is 562 g/mol. The van der Waals surface area contributed by atoms with Crippen molar-refractivity contribution in [2.45, 2.75) is 52.4 Å². The van der Waals surface area contributed by atoms with Crippen LogP contribution in [0.5, 0.6) is 0 Å². The number of carbonyl (C=O) groups excluding carboxylic acids is 2. The van der Waals surface area contributed by atoms with E-state index < -0.39 is 11.8 Å². The van der Waals surface area contributed by atoms with Crippen LogP contribution in [0.2, 0.25) is 0 Å². The van der Waals surface area contributed by atoms with Crippen molar-refractivity contribution >= 4 is 41.0 Å². The summed E-state index contributed by atoms with van der Waals surface area (Å²) < 4.78 is 1.43. The highest BCUT2D eigenvalue weighted by Crippen LogP contribution is 2.31. The molecule has 3 aromatic carbocycles. The van der Waals surface area contributed by atoms with E-state index in [0.29, 0.717) is 23.0 Å². The van der Waals surface area contributed by atoms with Crippen LogP contribution >= 0.6 is 0 Å². The van der Waals surface area contributed by atoms with Crippen LogP contribution in [0.3, 0.4) is 0 Å². The molecule has 1 N–H and O–H groups in total. The molecule has 4 aromatic rings. The Kier molecular flexibility index (Phi) is 10.3. The van der Waals surface area contributed by atoms with E-state index in [2.05, 4.69) is 31.3 Å². The molecule has 1 aromatic heterocycles. The van der Waals surface area contributed by atoms with Crippen molar-refractivity contribution < 1.29 is 9.59 Å². The number of pyridine rings is 1. The quantitative estimate of drug-likeness (QED) is 0.200. The third-order valence-electron chi connectivity index (χ3n) is 7.40. The fraction of sp³-hybridized carbons (Fsp3) is 0.250. The monoisotopic (exact) mass is 561 g/mol. The highest BCUT2D eigenvalue weighted by molar-refractivity contribution is 6.23. The molecular formula is C36H39N3O3. The lowest BCUT2D eigenvalue weighted by Crippen LogP contribution is -2.37. The topological polar surface area (TPSA) is 71.4 Å². The molecule has 0 atom stereocenters. The molecule has 0 fully saturated rings. The van der Waals surface area contributed by atoms with Crippen LogP contribution in [0.15, 0.2) is 95.8 Å². The fourth-order valence-electron chi connectivity index (χ4n) is 5.27. The molecule has 6 nitrogen and oxygen atoms in total. The maximum atomic E-state index is 14.3. The smallest absolute Gasteiger partial charge is 0.269 e. The number of aromatic nitrogens is 1. The molecule has 42 heavy (non-hydrogen) atoms. The Labute approximate surface area is 248 Å². The minimum absolute atomic E-state index is 0.224. The van der Waals surface area contributed by atoms with Gasteiger partial charge in [-0.3, -0.25) is 14.4 Å². The zero-order chi connectivity index (χ0) is 30.1. The summed E-state index contributed by atoms with van der Waals surface area (Å²) in [6.07, 6.45) is 8.11. The molecule has 4 rings (SSSR count). The van der Waals surface area contributed by atoms with Gasteiger partial charge in [0, 0.05) is 25.7 Å². The van der Waals surface area contributed by atoms with E-state index >= 15 is 0 Å². The molecule has 2 amide bonds. The van der Waals surface area contributed by atoms with Gasteiger partial charge in [-0.05, 0) is 60.2 Å². The molecule has 0 spiro atoms. The normalized spacial score (nSPS) is 11.2. The van der Waals surface area contributed by atoms with Gasteiger partial charge in [-0.1, -0.05) is 93.4 Å². The first kappa shape index (κ1) is 30.3. The third kappa shape index (κ3) is 7.13. The van der Waals surface area contributed by atoms with Crippen LogP contribution < -0.4 is 15.8 Å². The SMILES string of the molecule is CCCC(CCC)c1ccc(Nc2cc(=O)n(C)c(/C=C\c3ccccc3)c2C(=O)N(C(C)=O)c2ccccc2)cc1. The van der Waals surface area contributed by atoms with Gasteiger partial charge in [0.1, 0.15) is 0 Å². The van der Waals surface area contributed by atoms with Crippen molar-refractivity contribution in [3.05, 3.63) is 124 Å². The van der Waals surface area contributed by atoms with Gasteiger partial charge in [0.25, 0.3) is 11.5 Å². The van der Waals surface area contributed by atoms with E-state index in [1.807, 2.05) is 54.6 Å². The van der Waals surface area contributed by atoms with Crippen LogP contribution in [0.1, 0.15) is 79.6 Å².